The molecule has 0 aliphatic rings. The quantitative estimate of drug-likeness (QED) is 0.818. The minimum absolute atomic E-state index is 0.428. The van der Waals surface area contributed by atoms with Gasteiger partial charge < -0.3 is 5.32 Å². The van der Waals surface area contributed by atoms with Crippen LogP contribution in [-0.2, 0) is 0 Å². The van der Waals surface area contributed by atoms with Gasteiger partial charge >= 0.3 is 0 Å². The Morgan fingerprint density at radius 1 is 1.32 bits per heavy atom. The van der Waals surface area contributed by atoms with Crippen molar-refractivity contribution in [2.75, 3.05) is 11.9 Å². The first-order chi connectivity index (χ1) is 9.19. The number of hydrogen-bond donors (Lipinski definition) is 1. The zero-order valence-corrected chi connectivity index (χ0v) is 12.2. The Kier molecular flexibility index (Phi) is 4.73. The van der Waals surface area contributed by atoms with Crippen LogP contribution in [-0.4, -0.2) is 36.3 Å². The molecule has 102 valence electrons. The molecule has 0 atom stereocenters. The standard InChI is InChI=1S/C12H18N6S/c1-4-5-14-10-15-11(18-7-6-13-8-18)17-12(16-10)19-9(2)3/h6-9H,4-5H2,1-3H3,(H,14,15,16,17). The van der Waals surface area contributed by atoms with Crippen molar-refractivity contribution in [1.29, 1.82) is 0 Å². The molecule has 0 radical (unpaired) electrons. The van der Waals surface area contributed by atoms with Crippen molar-refractivity contribution in [2.45, 2.75) is 37.6 Å². The van der Waals surface area contributed by atoms with E-state index in [1.807, 2.05) is 6.20 Å². The van der Waals surface area contributed by atoms with Gasteiger partial charge in [-0.2, -0.15) is 15.0 Å². The van der Waals surface area contributed by atoms with Crippen molar-refractivity contribution < 1.29 is 0 Å². The van der Waals surface area contributed by atoms with Crippen molar-refractivity contribution in [3.63, 3.8) is 0 Å². The minimum atomic E-state index is 0.428. The van der Waals surface area contributed by atoms with E-state index in [0.29, 0.717) is 17.1 Å². The molecule has 0 amide bonds. The second-order valence-electron chi connectivity index (χ2n) is 4.30. The van der Waals surface area contributed by atoms with Crippen LogP contribution in [0.2, 0.25) is 0 Å². The first-order valence-electron chi connectivity index (χ1n) is 6.34. The zero-order valence-electron chi connectivity index (χ0n) is 11.4. The van der Waals surface area contributed by atoms with Gasteiger partial charge in [0.1, 0.15) is 6.33 Å². The molecule has 2 heterocycles. The third-order valence-electron chi connectivity index (χ3n) is 2.21. The first kappa shape index (κ1) is 13.8. The number of hydrogen-bond acceptors (Lipinski definition) is 6. The summed E-state index contributed by atoms with van der Waals surface area (Å²) in [6.45, 7) is 7.18. The molecule has 0 unspecified atom stereocenters. The first-order valence-corrected chi connectivity index (χ1v) is 7.22. The molecule has 0 fully saturated rings. The van der Waals surface area contributed by atoms with E-state index < -0.39 is 0 Å². The van der Waals surface area contributed by atoms with Crippen LogP contribution < -0.4 is 5.32 Å². The van der Waals surface area contributed by atoms with E-state index in [1.54, 1.807) is 28.9 Å². The molecule has 7 heteroatoms. The second kappa shape index (κ2) is 6.51. The van der Waals surface area contributed by atoms with Crippen molar-refractivity contribution in [3.8, 4) is 5.95 Å². The Morgan fingerprint density at radius 2 is 2.16 bits per heavy atom. The van der Waals surface area contributed by atoms with Gasteiger partial charge in [-0.05, 0) is 6.42 Å². The summed E-state index contributed by atoms with van der Waals surface area (Å²) in [6.07, 6.45) is 6.24. The van der Waals surface area contributed by atoms with E-state index in [0.717, 1.165) is 18.1 Å². The fourth-order valence-electron chi connectivity index (χ4n) is 1.42. The Bertz CT molecular complexity index is 511. The van der Waals surface area contributed by atoms with Gasteiger partial charge in [0.05, 0.1) is 0 Å². The van der Waals surface area contributed by atoms with E-state index in [9.17, 15) is 0 Å². The molecule has 6 nitrogen and oxygen atoms in total. The highest BCUT2D eigenvalue weighted by Gasteiger charge is 2.09. The smallest absolute Gasteiger partial charge is 0.240 e. The number of aromatic nitrogens is 5. The average molecular weight is 278 g/mol. The van der Waals surface area contributed by atoms with Gasteiger partial charge in [-0.25, -0.2) is 4.98 Å². The highest BCUT2D eigenvalue weighted by atomic mass is 32.2. The van der Waals surface area contributed by atoms with Crippen molar-refractivity contribution in [2.24, 2.45) is 0 Å². The lowest BCUT2D eigenvalue weighted by atomic mass is 10.5. The molecule has 0 aliphatic carbocycles. The van der Waals surface area contributed by atoms with Gasteiger partial charge in [0.2, 0.25) is 11.9 Å². The third kappa shape index (κ3) is 3.92. The number of nitrogens with one attached hydrogen (secondary N) is 1. The molecular formula is C12H18N6S. The average Bonchev–Trinajstić information content (AvgIpc) is 2.89. The summed E-state index contributed by atoms with van der Waals surface area (Å²) in [6, 6.07) is 0. The predicted octanol–water partition coefficient (Wildman–Crippen LogP) is 2.38. The maximum Gasteiger partial charge on any atom is 0.240 e. The number of rotatable bonds is 6. The van der Waals surface area contributed by atoms with E-state index >= 15 is 0 Å². The van der Waals surface area contributed by atoms with Crippen LogP contribution in [0.3, 0.4) is 0 Å². The summed E-state index contributed by atoms with van der Waals surface area (Å²) in [4.78, 5) is 17.3. The molecule has 2 rings (SSSR count). The van der Waals surface area contributed by atoms with Gasteiger partial charge in [0, 0.05) is 24.2 Å². The van der Waals surface area contributed by atoms with Crippen molar-refractivity contribution in [3.05, 3.63) is 18.7 Å². The fourth-order valence-corrected chi connectivity index (χ4v) is 2.11. The largest absolute Gasteiger partial charge is 0.354 e. The molecule has 0 saturated carbocycles. The number of thioether (sulfide) groups is 1. The Hall–Kier alpha value is -1.63. The lowest BCUT2D eigenvalue weighted by Crippen LogP contribution is -2.10. The minimum Gasteiger partial charge on any atom is -0.354 e. The Morgan fingerprint density at radius 3 is 2.79 bits per heavy atom. The summed E-state index contributed by atoms with van der Waals surface area (Å²) in [5.74, 6) is 1.21. The number of nitrogens with zero attached hydrogens (tertiary/aromatic N) is 5. The summed E-state index contributed by atoms with van der Waals surface area (Å²) in [5.41, 5.74) is 0. The van der Waals surface area contributed by atoms with E-state index in [2.05, 4.69) is 46.0 Å². The molecule has 0 aromatic carbocycles. The molecule has 0 bridgehead atoms. The highest BCUT2D eigenvalue weighted by molar-refractivity contribution is 7.99. The summed E-state index contributed by atoms with van der Waals surface area (Å²) >= 11 is 1.62. The van der Waals surface area contributed by atoms with Crippen LogP contribution in [0.5, 0.6) is 0 Å². The maximum absolute atomic E-state index is 4.45. The van der Waals surface area contributed by atoms with Gasteiger partial charge in [0.25, 0.3) is 0 Å². The molecule has 2 aromatic rings. The van der Waals surface area contributed by atoms with E-state index in [4.69, 9.17) is 0 Å². The topological polar surface area (TPSA) is 68.5 Å². The molecule has 0 spiro atoms. The van der Waals surface area contributed by atoms with Crippen LogP contribution >= 0.6 is 11.8 Å². The van der Waals surface area contributed by atoms with Gasteiger partial charge in [-0.1, -0.05) is 32.5 Å². The van der Waals surface area contributed by atoms with Crippen LogP contribution in [0.15, 0.2) is 23.9 Å². The van der Waals surface area contributed by atoms with Gasteiger partial charge in [-0.3, -0.25) is 4.57 Å². The monoisotopic (exact) mass is 278 g/mol. The second-order valence-corrected chi connectivity index (χ2v) is 5.85. The van der Waals surface area contributed by atoms with E-state index in [-0.39, 0.29) is 0 Å². The molecule has 0 aliphatic heterocycles. The Balaban J connectivity index is 2.31. The SMILES string of the molecule is CCCNc1nc(SC(C)C)nc(-n2ccnc2)n1. The summed E-state index contributed by atoms with van der Waals surface area (Å²) < 4.78 is 1.78. The lowest BCUT2D eigenvalue weighted by Gasteiger charge is -2.09. The molecule has 19 heavy (non-hydrogen) atoms. The molecule has 0 saturated heterocycles. The molecular weight excluding hydrogens is 260 g/mol. The van der Waals surface area contributed by atoms with Crippen LogP contribution in [0.1, 0.15) is 27.2 Å². The van der Waals surface area contributed by atoms with Crippen molar-refractivity contribution >= 4 is 17.7 Å². The number of anilines is 1. The predicted molar refractivity (Wildman–Crippen MR) is 76.7 cm³/mol. The molecule has 1 N–H and O–H groups in total. The van der Waals surface area contributed by atoms with Gasteiger partial charge in [-0.15, -0.1) is 0 Å². The summed E-state index contributed by atoms with van der Waals surface area (Å²) in [5, 5.41) is 4.36. The zero-order chi connectivity index (χ0) is 13.7. The molecule has 2 aromatic heterocycles. The normalized spacial score (nSPS) is 10.9. The van der Waals surface area contributed by atoms with E-state index in [1.165, 1.54) is 0 Å². The van der Waals surface area contributed by atoms with Crippen LogP contribution in [0.4, 0.5) is 5.95 Å². The highest BCUT2D eigenvalue weighted by Crippen LogP contribution is 2.20. The van der Waals surface area contributed by atoms with Gasteiger partial charge in [0.15, 0.2) is 5.16 Å². The fraction of sp³-hybridized carbons (Fsp3) is 0.500. The van der Waals surface area contributed by atoms with Crippen LogP contribution in [0, 0.1) is 0 Å². The lowest BCUT2D eigenvalue weighted by molar-refractivity contribution is 0.814. The van der Waals surface area contributed by atoms with Crippen LogP contribution in [0.25, 0.3) is 5.95 Å². The third-order valence-corrected chi connectivity index (χ3v) is 3.08. The van der Waals surface area contributed by atoms with Crippen molar-refractivity contribution in [1.82, 2.24) is 24.5 Å². The summed E-state index contributed by atoms with van der Waals surface area (Å²) in [7, 11) is 0. The Labute approximate surface area is 117 Å². The number of imidazole rings is 1. The maximum atomic E-state index is 4.45.